The molecule has 0 aliphatic carbocycles. The van der Waals surface area contributed by atoms with E-state index in [1.807, 2.05) is 0 Å². The third kappa shape index (κ3) is 21.7. The molecule has 0 aromatic carbocycles. The normalized spacial score (nSPS) is 23.8. The van der Waals surface area contributed by atoms with Crippen LogP contribution in [-0.4, -0.2) is 267 Å². The average molecular weight is 1450 g/mol. The van der Waals surface area contributed by atoms with Crippen molar-refractivity contribution in [1.82, 2.24) is 61.8 Å². The summed E-state index contributed by atoms with van der Waals surface area (Å²) in [5.74, 6) is -7.69. The minimum absolute atomic E-state index is 0. The van der Waals surface area contributed by atoms with E-state index < -0.39 is 183 Å². The van der Waals surface area contributed by atoms with Crippen molar-refractivity contribution in [3.05, 3.63) is 56.8 Å². The zero-order valence-corrected chi connectivity index (χ0v) is 56.5. The zero-order valence-electron chi connectivity index (χ0n) is 53.3. The highest BCUT2D eigenvalue weighted by Crippen LogP contribution is 2.35. The summed E-state index contributed by atoms with van der Waals surface area (Å²) in [6.07, 6.45) is -20.0. The number of halogens is 1. The summed E-state index contributed by atoms with van der Waals surface area (Å²) in [7, 11) is 0.254. The van der Waals surface area contributed by atoms with Crippen molar-refractivity contribution in [1.29, 1.82) is 0 Å². The molecule has 0 radical (unpaired) electrons. The quantitative estimate of drug-likeness (QED) is 0.0150. The molecule has 4 aromatic heterocycles. The maximum atomic E-state index is 15.2. The lowest BCUT2D eigenvalue weighted by atomic mass is 9.96. The first-order valence-corrected chi connectivity index (χ1v) is 33.8. The Kier molecular flexibility index (Phi) is 31.0. The Bertz CT molecular complexity index is 3290. The van der Waals surface area contributed by atoms with E-state index in [0.29, 0.717) is 22.3 Å². The van der Waals surface area contributed by atoms with E-state index >= 15 is 4.79 Å². The van der Waals surface area contributed by atoms with Gasteiger partial charge in [-0.3, -0.25) is 33.6 Å². The summed E-state index contributed by atoms with van der Waals surface area (Å²) in [5.41, 5.74) is 28.1. The van der Waals surface area contributed by atoms with E-state index in [2.05, 4.69) is 74.3 Å². The number of thiazole rings is 2. The Morgan fingerprint density at radius 2 is 1.46 bits per heavy atom. The molecule has 42 heteroatoms. The number of H-pyrrole nitrogens is 1. The number of rotatable bonds is 35. The molecule has 8 amide bonds. The SMILES string of the molecule is Cc1c(N)nc([C@H](CC(N)=O)NC[C@H](N)C(N)=O)nc1C(=O)N[C@H](C(=O)N[C@H](C)[C@@H](O)[C@H](C)C(=O)N[C@H](C(=O)NCCc1nc(-c2nc(C(=O)NCCC[S+](C)C)cs2)cs1)[C@@H](C)O)[C@@H](O[C@@H]1O[C@@H](CO)[C@@H](O)[C@H](O)[C@@H]1O[C@H]1O[C@H](CO)[C@@H](O)[C@H](OC(N)=O)[C@@H]1O)c1cnc[nH]1.Cl. The van der Waals surface area contributed by atoms with Gasteiger partial charge in [0.1, 0.15) is 100 Å². The predicted octanol–water partition coefficient (Wildman–Crippen LogP) is -7.28. The maximum absolute atomic E-state index is 15.2. The number of carbonyl (C=O) groups excluding carboxylic acids is 8. The molecule has 38 nitrogen and oxygen atoms in total. The van der Waals surface area contributed by atoms with E-state index in [-0.39, 0.29) is 77.3 Å². The van der Waals surface area contributed by atoms with Gasteiger partial charge in [0.15, 0.2) is 18.7 Å². The van der Waals surface area contributed by atoms with Crippen LogP contribution in [0.2, 0.25) is 0 Å². The van der Waals surface area contributed by atoms with Gasteiger partial charge in [-0.05, 0) is 31.7 Å². The first-order chi connectivity index (χ1) is 45.3. The molecule has 2 fully saturated rings. The fourth-order valence-corrected chi connectivity index (χ4v) is 12.1. The van der Waals surface area contributed by atoms with Crippen molar-refractivity contribution in [2.24, 2.45) is 28.9 Å². The molecule has 0 bridgehead atoms. The number of anilines is 1. The van der Waals surface area contributed by atoms with Gasteiger partial charge in [-0.15, -0.1) is 35.1 Å². The Balaban J connectivity index is 0.0000170. The lowest BCUT2D eigenvalue weighted by Gasteiger charge is -2.47. The van der Waals surface area contributed by atoms with Gasteiger partial charge < -0.3 is 130 Å². The molecule has 6 rings (SSSR count). The summed E-state index contributed by atoms with van der Waals surface area (Å²) in [4.78, 5) is 131. The number of nitrogens with zero attached hydrogens (tertiary/aromatic N) is 5. The highest BCUT2D eigenvalue weighted by atomic mass is 35.5. The van der Waals surface area contributed by atoms with Gasteiger partial charge in [0.25, 0.3) is 11.8 Å². The summed E-state index contributed by atoms with van der Waals surface area (Å²) in [5, 5.41) is 108. The summed E-state index contributed by atoms with van der Waals surface area (Å²) < 4.78 is 28.7. The van der Waals surface area contributed by atoms with Crippen LogP contribution in [0.1, 0.15) is 88.8 Å². The summed E-state index contributed by atoms with van der Waals surface area (Å²) >= 11 is 2.52. The van der Waals surface area contributed by atoms with E-state index in [1.54, 1.807) is 10.8 Å². The Hall–Kier alpha value is -7.01. The van der Waals surface area contributed by atoms with Crippen LogP contribution in [0, 0.1) is 12.8 Å². The van der Waals surface area contributed by atoms with Crippen LogP contribution in [0.5, 0.6) is 0 Å². The smallest absolute Gasteiger partial charge is 0.404 e. The molecule has 2 aliphatic rings. The maximum Gasteiger partial charge on any atom is 0.404 e. The molecule has 97 heavy (non-hydrogen) atoms. The van der Waals surface area contributed by atoms with Crippen LogP contribution >= 0.6 is 35.1 Å². The van der Waals surface area contributed by atoms with Crippen molar-refractivity contribution < 1.29 is 103 Å². The number of primary amides is 3. The number of nitrogen functional groups attached to an aromatic ring is 1. The molecule has 25 N–H and O–H groups in total. The number of nitrogens with two attached hydrogens (primary N) is 5. The topological polar surface area (TPSA) is 627 Å². The third-order valence-corrected chi connectivity index (χ3v) is 18.2. The molecular weight excluding hydrogens is 1370 g/mol. The summed E-state index contributed by atoms with van der Waals surface area (Å²) in [6, 6.07) is -7.85. The Morgan fingerprint density at radius 1 is 0.784 bits per heavy atom. The average Bonchev–Trinajstić information content (AvgIpc) is 1.16. The van der Waals surface area contributed by atoms with Crippen molar-refractivity contribution in [2.75, 3.05) is 56.8 Å². The standard InChI is InChI=1S/C55H83N17O21S3.ClH/c1-20-33(69-46(72-44(20)58)25(12-31(57)76)64-13-24(56)45(59)82)50(86)71-35(41(26-14-61-19-65-26)91-54-43(39(80)37(78)29(15-73)90-54)92-53-40(81)42(93-55(60)88)38(79)30(16-74)89-53)51(87)66-22(3)36(77)21(2)47(83)70-34(23(4)75)49(85)63-10-8-32-67-28(18-94-32)52-68-27(17-95-52)48(84)62-9-7-11-96(5)6;/h14,17-19,21-25,29-30,34-43,53-54,64,73-75,77-81H,7-13,15-16,56H2,1-6H3,(H13-,57,58,59,60,61,62,63,65,66,69,70,71,72,76,82,83,84,85,86,87,88);1H/p+1/t21-,22+,23+,24-,25-,29-,30+,34-,35-,36-,37+,38+,39-,40-,41-,42-,43-,53+,54-;/m0./s1. The fraction of sp³-hybridized carbons (Fsp3) is 0.618. The van der Waals surface area contributed by atoms with Crippen molar-refractivity contribution >= 4 is 99.2 Å². The van der Waals surface area contributed by atoms with Crippen LogP contribution in [0.4, 0.5) is 10.6 Å². The van der Waals surface area contributed by atoms with Gasteiger partial charge in [0.05, 0.1) is 85.2 Å². The van der Waals surface area contributed by atoms with Gasteiger partial charge in [-0.1, -0.05) is 6.92 Å². The van der Waals surface area contributed by atoms with E-state index in [1.165, 1.54) is 50.4 Å². The van der Waals surface area contributed by atoms with Crippen molar-refractivity contribution in [2.45, 2.75) is 157 Å². The van der Waals surface area contributed by atoms with Gasteiger partial charge >= 0.3 is 6.09 Å². The lowest BCUT2D eigenvalue weighted by molar-refractivity contribution is -0.372. The molecule has 540 valence electrons. The third-order valence-electron chi connectivity index (χ3n) is 15.3. The first-order valence-electron chi connectivity index (χ1n) is 29.8. The number of aromatic nitrogens is 6. The second-order valence-electron chi connectivity index (χ2n) is 22.8. The number of nitrogens with one attached hydrogen (secondary N) is 7. The Labute approximate surface area is 571 Å². The Morgan fingerprint density at radius 3 is 2.08 bits per heavy atom. The van der Waals surface area contributed by atoms with Crippen molar-refractivity contribution in [3.8, 4) is 10.7 Å². The molecule has 6 heterocycles. The number of hydrogen-bond donors (Lipinski definition) is 20. The van der Waals surface area contributed by atoms with E-state index in [4.69, 9.17) is 52.4 Å². The van der Waals surface area contributed by atoms with E-state index in [9.17, 15) is 74.4 Å². The predicted molar refractivity (Wildman–Crippen MR) is 346 cm³/mol. The molecule has 0 saturated carbocycles. The molecule has 0 unspecified atom stereocenters. The second kappa shape index (κ2) is 37.3. The van der Waals surface area contributed by atoms with Crippen LogP contribution in [-0.2, 0) is 65.0 Å². The van der Waals surface area contributed by atoms with Crippen LogP contribution in [0.25, 0.3) is 10.7 Å². The highest BCUT2D eigenvalue weighted by Gasteiger charge is 2.54. The monoisotopic (exact) mass is 1450 g/mol. The van der Waals surface area contributed by atoms with Gasteiger partial charge in [-0.25, -0.2) is 29.7 Å². The number of amides is 8. The van der Waals surface area contributed by atoms with Gasteiger partial charge in [0, 0.05) is 55.2 Å². The largest absolute Gasteiger partial charge is 0.441 e. The lowest BCUT2D eigenvalue weighted by Crippen LogP contribution is -2.65. The van der Waals surface area contributed by atoms with Gasteiger partial charge in [-0.2, -0.15) is 0 Å². The zero-order chi connectivity index (χ0) is 71.0. The fourth-order valence-electron chi connectivity index (χ4n) is 9.80. The van der Waals surface area contributed by atoms with Gasteiger partial charge in [0.2, 0.25) is 29.5 Å². The number of carbonyl (C=O) groups is 8. The number of imidazole rings is 1. The number of aliphatic hydroxyl groups excluding tert-OH is 8. The minimum Gasteiger partial charge on any atom is -0.441 e. The molecule has 4 aromatic rings. The molecule has 19 atom stereocenters. The second-order valence-corrected chi connectivity index (χ2v) is 27.0. The molecule has 2 saturated heterocycles. The van der Waals surface area contributed by atoms with Crippen molar-refractivity contribution in [3.63, 3.8) is 0 Å². The van der Waals surface area contributed by atoms with Crippen LogP contribution < -0.4 is 60.6 Å². The number of hydrogen-bond acceptors (Lipinski definition) is 31. The van der Waals surface area contributed by atoms with E-state index in [0.717, 1.165) is 24.7 Å². The van der Waals surface area contributed by atoms with Crippen LogP contribution in [0.3, 0.4) is 0 Å². The number of aromatic amines is 1. The number of ether oxygens (including phenoxy) is 5. The molecule has 2 aliphatic heterocycles. The highest BCUT2D eigenvalue weighted by molar-refractivity contribution is 7.95. The number of aliphatic hydroxyl groups is 8. The molecular formula is C55H85ClN17O21S3+. The van der Waals surface area contributed by atoms with Crippen LogP contribution in [0.15, 0.2) is 23.3 Å². The molecule has 0 spiro atoms. The first kappa shape index (κ1) is 80.7. The minimum atomic E-state index is -2.20. The summed E-state index contributed by atoms with van der Waals surface area (Å²) in [6.45, 7) is 3.18.